The van der Waals surface area contributed by atoms with Crippen LogP contribution in [0, 0.1) is 11.3 Å². The Morgan fingerprint density at radius 1 is 1.14 bits per heavy atom. The number of hydrogen-bond acceptors (Lipinski definition) is 11. The van der Waals surface area contributed by atoms with Crippen LogP contribution >= 0.6 is 0 Å². The molecular weight excluding hydrogens is 751 g/mol. The molecule has 2 amide bonds. The molecule has 6 bridgehead atoms. The monoisotopic (exact) mass is 805 g/mol. The first-order chi connectivity index (χ1) is 28.3. The fourth-order valence-corrected chi connectivity index (χ4v) is 8.62. The largest absolute Gasteiger partial charge is 0.508 e. The lowest BCUT2D eigenvalue weighted by Crippen LogP contribution is -2.62. The van der Waals surface area contributed by atoms with Crippen molar-refractivity contribution in [2.24, 2.45) is 11.3 Å². The number of likely N-dealkylation sites (N-methyl/N-ethyl adjacent to an activating group) is 1. The van der Waals surface area contributed by atoms with Crippen molar-refractivity contribution >= 4 is 34.7 Å². The van der Waals surface area contributed by atoms with Crippen molar-refractivity contribution in [3.05, 3.63) is 84.0 Å². The minimum atomic E-state index is -1.06. The number of benzene rings is 2. The second-order valence-electron chi connectivity index (χ2n) is 16.8. The van der Waals surface area contributed by atoms with Gasteiger partial charge in [0.2, 0.25) is 5.91 Å². The highest BCUT2D eigenvalue weighted by molar-refractivity contribution is 5.96. The van der Waals surface area contributed by atoms with Crippen molar-refractivity contribution in [3.63, 3.8) is 0 Å². The minimum Gasteiger partial charge on any atom is -0.508 e. The van der Waals surface area contributed by atoms with Crippen LogP contribution in [-0.4, -0.2) is 87.9 Å². The van der Waals surface area contributed by atoms with E-state index < -0.39 is 41.3 Å². The molecule has 14 nitrogen and oxygen atoms in total. The van der Waals surface area contributed by atoms with Crippen molar-refractivity contribution in [2.45, 2.75) is 91.6 Å². The zero-order chi connectivity index (χ0) is 42.0. The van der Waals surface area contributed by atoms with Gasteiger partial charge in [-0.25, -0.2) is 10.4 Å². The zero-order valence-electron chi connectivity index (χ0n) is 34.9. The third kappa shape index (κ3) is 8.69. The number of amides is 2. The smallest absolute Gasteiger partial charge is 0.324 e. The van der Waals surface area contributed by atoms with Crippen LogP contribution in [0.4, 0.5) is 6.01 Å². The van der Waals surface area contributed by atoms with Crippen molar-refractivity contribution < 1.29 is 33.4 Å². The number of aromatic hydroxyl groups is 1. The fourth-order valence-electron chi connectivity index (χ4n) is 8.62. The molecule has 0 spiro atoms. The van der Waals surface area contributed by atoms with Crippen LogP contribution in [0.5, 0.6) is 5.75 Å². The summed E-state index contributed by atoms with van der Waals surface area (Å²) >= 11 is 0. The molecule has 59 heavy (non-hydrogen) atoms. The van der Waals surface area contributed by atoms with Gasteiger partial charge in [-0.15, -0.1) is 0 Å². The van der Waals surface area contributed by atoms with Gasteiger partial charge in [0.25, 0.3) is 11.9 Å². The lowest BCUT2D eigenvalue weighted by Gasteiger charge is -2.36. The normalized spacial score (nSPS) is 19.0. The number of nitrogens with one attached hydrogen (secondary N) is 2. The summed E-state index contributed by atoms with van der Waals surface area (Å²) in [5.74, 6) is -1.41. The van der Waals surface area contributed by atoms with Crippen LogP contribution < -0.4 is 15.6 Å². The number of rotatable bonds is 9. The Balaban J connectivity index is 1.36. The molecule has 7 rings (SSSR count). The van der Waals surface area contributed by atoms with Gasteiger partial charge in [-0.2, -0.15) is 0 Å². The van der Waals surface area contributed by atoms with Crippen LogP contribution in [0.3, 0.4) is 0 Å². The maximum atomic E-state index is 14.5. The summed E-state index contributed by atoms with van der Waals surface area (Å²) in [7, 11) is 3.41. The van der Waals surface area contributed by atoms with Crippen LogP contribution in [0.25, 0.3) is 33.3 Å². The summed E-state index contributed by atoms with van der Waals surface area (Å²) in [6, 6.07) is 11.3. The Kier molecular flexibility index (Phi) is 12.1. The number of carbonyl (C=O) groups excluding carboxylic acids is 3. The number of methoxy groups -OCH3 is 1. The van der Waals surface area contributed by atoms with E-state index in [9.17, 15) is 19.5 Å². The molecule has 1 saturated heterocycles. The summed E-state index contributed by atoms with van der Waals surface area (Å²) < 4.78 is 19.5. The Morgan fingerprint density at radius 2 is 1.95 bits per heavy atom. The number of hydrogen-bond donors (Lipinski definition) is 3. The molecule has 2 aliphatic rings. The second kappa shape index (κ2) is 17.2. The number of fused-ring (bicyclic) bond motifs is 6. The topological polar surface area (TPSA) is 164 Å². The van der Waals surface area contributed by atoms with Crippen molar-refractivity contribution in [2.75, 3.05) is 32.2 Å². The Morgan fingerprint density at radius 3 is 2.68 bits per heavy atom. The molecule has 0 saturated carbocycles. The maximum absolute atomic E-state index is 14.5. The van der Waals surface area contributed by atoms with Crippen LogP contribution in [0.2, 0.25) is 0 Å². The highest BCUT2D eigenvalue weighted by atomic mass is 16.5. The molecule has 2 aromatic carbocycles. The number of aromatic nitrogens is 3. The number of cyclic esters (lactones) is 1. The molecule has 1 unspecified atom stereocenters. The van der Waals surface area contributed by atoms with Gasteiger partial charge in [0, 0.05) is 67.9 Å². The Hall–Kier alpha value is -5.73. The van der Waals surface area contributed by atoms with Crippen molar-refractivity contribution in [1.82, 2.24) is 30.3 Å². The van der Waals surface area contributed by atoms with E-state index in [1.807, 2.05) is 38.2 Å². The van der Waals surface area contributed by atoms with Gasteiger partial charge in [-0.1, -0.05) is 39.8 Å². The first-order valence-electron chi connectivity index (χ1n) is 20.4. The SMILES string of the molecule is CCn1c(-c2cnccc2COC)c2c3cc(ccc31)-c1cc(O)cc(c1)C[C@H](NC(=O)C(C(C)C)N(C)c1ncco1)C(=O)N1CCC[C@H](N1)C(=O)OCC(C)(C)C2. The van der Waals surface area contributed by atoms with Gasteiger partial charge in [0.15, 0.2) is 0 Å². The fraction of sp³-hybridized carbons (Fsp3) is 0.444. The average Bonchev–Trinajstić information content (AvgIpc) is 3.86. The van der Waals surface area contributed by atoms with Gasteiger partial charge in [0.05, 0.1) is 25.1 Å². The number of ether oxygens (including phenoxy) is 2. The third-order valence-corrected chi connectivity index (χ3v) is 11.4. The maximum Gasteiger partial charge on any atom is 0.324 e. The summed E-state index contributed by atoms with van der Waals surface area (Å²) in [6.45, 7) is 11.7. The predicted octanol–water partition coefficient (Wildman–Crippen LogP) is 6.04. The van der Waals surface area contributed by atoms with Crippen LogP contribution in [-0.2, 0) is 49.9 Å². The van der Waals surface area contributed by atoms with E-state index in [0.29, 0.717) is 44.5 Å². The molecule has 3 atom stereocenters. The van der Waals surface area contributed by atoms with Crippen LogP contribution in [0.15, 0.2) is 71.7 Å². The first-order valence-corrected chi connectivity index (χ1v) is 20.4. The molecule has 2 aliphatic heterocycles. The molecule has 0 radical (unpaired) electrons. The summed E-state index contributed by atoms with van der Waals surface area (Å²) in [4.78, 5) is 53.0. The van der Waals surface area contributed by atoms with E-state index in [2.05, 4.69) is 58.2 Å². The number of anilines is 1. The highest BCUT2D eigenvalue weighted by Gasteiger charge is 2.37. The van der Waals surface area contributed by atoms with Gasteiger partial charge in [-0.3, -0.25) is 24.4 Å². The molecule has 312 valence electrons. The average molecular weight is 806 g/mol. The van der Waals surface area contributed by atoms with E-state index >= 15 is 0 Å². The van der Waals surface area contributed by atoms with E-state index in [0.717, 1.165) is 44.4 Å². The number of pyridine rings is 1. The van der Waals surface area contributed by atoms with E-state index in [4.69, 9.17) is 13.9 Å². The van der Waals surface area contributed by atoms with E-state index in [1.54, 1.807) is 37.4 Å². The van der Waals surface area contributed by atoms with Crippen LogP contribution in [0.1, 0.15) is 64.2 Å². The number of carbonyl (C=O) groups is 3. The van der Waals surface area contributed by atoms with Crippen molar-refractivity contribution in [3.8, 4) is 28.1 Å². The third-order valence-electron chi connectivity index (χ3n) is 11.4. The molecule has 3 N–H and O–H groups in total. The van der Waals surface area contributed by atoms with Gasteiger partial charge in [-0.05, 0) is 90.3 Å². The molecule has 0 aliphatic carbocycles. The number of esters is 1. The standard InChI is InChI=1S/C45H55N7O7/c1-8-51-38-12-11-29-22-33(38)34(40(51)35-24-46-14-13-30(35)25-57-7)23-45(4,5)26-59-43(56)36-10-9-16-52(49-36)42(55)37(20-28-18-31(29)21-32(53)19-28)48-41(54)39(27(2)3)50(6)44-47-15-17-58-44/h11-15,17-19,21-22,24,27,36-37,39,49,53H,8-10,16,20,23,25-26H2,1-7H3,(H,48,54)/t36-,37-,39?/m0/s1. The highest BCUT2D eigenvalue weighted by Crippen LogP contribution is 2.41. The van der Waals surface area contributed by atoms with Crippen molar-refractivity contribution in [1.29, 1.82) is 0 Å². The van der Waals surface area contributed by atoms with Gasteiger partial charge >= 0.3 is 5.97 Å². The molecule has 5 aromatic rings. The lowest BCUT2D eigenvalue weighted by molar-refractivity contribution is -0.155. The minimum absolute atomic E-state index is 0.0276. The molecule has 5 heterocycles. The number of aryl methyl sites for hydroxylation is 1. The first kappa shape index (κ1) is 41.4. The van der Waals surface area contributed by atoms with Gasteiger partial charge in [0.1, 0.15) is 30.1 Å². The summed E-state index contributed by atoms with van der Waals surface area (Å²) in [6.07, 6.45) is 8.28. The zero-order valence-corrected chi connectivity index (χ0v) is 34.9. The Bertz CT molecular complexity index is 2320. The number of phenols is 1. The Labute approximate surface area is 344 Å². The number of hydrazine groups is 1. The number of nitrogens with zero attached hydrogens (tertiary/aromatic N) is 5. The summed E-state index contributed by atoms with van der Waals surface area (Å²) in [5, 5.41) is 16.7. The van der Waals surface area contributed by atoms with E-state index in [-0.39, 0.29) is 30.7 Å². The molecule has 3 aromatic heterocycles. The number of oxazole rings is 1. The van der Waals surface area contributed by atoms with E-state index in [1.165, 1.54) is 17.5 Å². The molecule has 14 heteroatoms. The van der Waals surface area contributed by atoms with Gasteiger partial charge < -0.3 is 33.8 Å². The lowest BCUT2D eigenvalue weighted by atomic mass is 9.84. The molecule has 1 fully saturated rings. The number of phenolic OH excluding ortho intramolecular Hbond substituents is 1. The predicted molar refractivity (Wildman–Crippen MR) is 224 cm³/mol. The molecular formula is C45H55N7O7. The quantitative estimate of drug-likeness (QED) is 0.149. The second-order valence-corrected chi connectivity index (χ2v) is 16.8. The summed E-state index contributed by atoms with van der Waals surface area (Å²) in [5.41, 5.74) is 10.0.